The smallest absolute Gasteiger partial charge is 0.00169 e. The highest BCUT2D eigenvalue weighted by Crippen LogP contribution is 2.22. The second-order valence-corrected chi connectivity index (χ2v) is 5.06. The predicted molar refractivity (Wildman–Crippen MR) is 86.7 cm³/mol. The van der Waals surface area contributed by atoms with Crippen molar-refractivity contribution in [3.63, 3.8) is 0 Å². The van der Waals surface area contributed by atoms with E-state index in [1.807, 2.05) is 7.05 Å². The summed E-state index contributed by atoms with van der Waals surface area (Å²) in [6.45, 7) is 1.00. The van der Waals surface area contributed by atoms with Crippen LogP contribution in [0.25, 0.3) is 17.7 Å². The van der Waals surface area contributed by atoms with E-state index in [1.165, 1.54) is 27.1 Å². The Morgan fingerprint density at radius 3 is 2.40 bits per heavy atom. The molecule has 0 spiro atoms. The van der Waals surface area contributed by atoms with Crippen molar-refractivity contribution >= 4 is 17.7 Å². The minimum Gasteiger partial charge on any atom is -0.319 e. The highest BCUT2D eigenvalue weighted by Gasteiger charge is 2.06. The van der Waals surface area contributed by atoms with Crippen LogP contribution in [-0.2, 0) is 0 Å². The molecule has 0 amide bonds. The van der Waals surface area contributed by atoms with Crippen molar-refractivity contribution in [1.82, 2.24) is 5.32 Å². The standard InChI is InChI=1S/C19H19N/c1-20-12-6-10-18-14-16-8-3-2-7-15(16)13-17-9-4-5-11-19(17)18/h2-5,7-11,13-14,20H,6,12H2,1H3/b18-10-. The maximum Gasteiger partial charge on any atom is -0.00169 e. The maximum atomic E-state index is 3.20. The van der Waals surface area contributed by atoms with Gasteiger partial charge in [0, 0.05) is 0 Å². The Morgan fingerprint density at radius 1 is 0.900 bits per heavy atom. The van der Waals surface area contributed by atoms with E-state index in [2.05, 4.69) is 72.1 Å². The number of hydrogen-bond donors (Lipinski definition) is 1. The van der Waals surface area contributed by atoms with Crippen LogP contribution in [-0.4, -0.2) is 13.6 Å². The highest BCUT2D eigenvalue weighted by atomic mass is 14.8. The second-order valence-electron chi connectivity index (χ2n) is 5.06. The van der Waals surface area contributed by atoms with Gasteiger partial charge in [-0.3, -0.25) is 0 Å². The van der Waals surface area contributed by atoms with Gasteiger partial charge in [-0.25, -0.2) is 0 Å². The Hall–Kier alpha value is -2.12. The van der Waals surface area contributed by atoms with E-state index in [1.54, 1.807) is 0 Å². The molecule has 1 aliphatic carbocycles. The van der Waals surface area contributed by atoms with Gasteiger partial charge in [-0.15, -0.1) is 0 Å². The molecule has 0 bridgehead atoms. The SMILES string of the molecule is CNCC/C=C1/C=c2ccccc2=Cc2ccccc21. The lowest BCUT2D eigenvalue weighted by Gasteiger charge is -2.06. The molecule has 0 saturated heterocycles. The summed E-state index contributed by atoms with van der Waals surface area (Å²) < 4.78 is 0. The Morgan fingerprint density at radius 2 is 1.60 bits per heavy atom. The molecule has 20 heavy (non-hydrogen) atoms. The molecular weight excluding hydrogens is 242 g/mol. The van der Waals surface area contributed by atoms with E-state index < -0.39 is 0 Å². The number of nitrogens with one attached hydrogen (secondary N) is 1. The summed E-state index contributed by atoms with van der Waals surface area (Å²) in [7, 11) is 1.99. The molecule has 2 aromatic carbocycles. The van der Waals surface area contributed by atoms with Gasteiger partial charge in [0.15, 0.2) is 0 Å². The van der Waals surface area contributed by atoms with E-state index in [4.69, 9.17) is 0 Å². The van der Waals surface area contributed by atoms with Gasteiger partial charge in [0.05, 0.1) is 0 Å². The van der Waals surface area contributed by atoms with Crippen molar-refractivity contribution in [1.29, 1.82) is 0 Å². The third-order valence-corrected chi connectivity index (χ3v) is 3.65. The molecule has 3 rings (SSSR count). The first-order valence-electron chi connectivity index (χ1n) is 7.11. The van der Waals surface area contributed by atoms with Crippen LogP contribution >= 0.6 is 0 Å². The summed E-state index contributed by atoms with van der Waals surface area (Å²) in [5.41, 5.74) is 3.93. The highest BCUT2D eigenvalue weighted by molar-refractivity contribution is 5.92. The normalized spacial score (nSPS) is 14.8. The molecule has 0 saturated carbocycles. The van der Waals surface area contributed by atoms with Crippen LogP contribution in [0.5, 0.6) is 0 Å². The predicted octanol–water partition coefficient (Wildman–Crippen LogP) is 2.30. The summed E-state index contributed by atoms with van der Waals surface area (Å²) >= 11 is 0. The quantitative estimate of drug-likeness (QED) is 0.836. The van der Waals surface area contributed by atoms with Gasteiger partial charge >= 0.3 is 0 Å². The van der Waals surface area contributed by atoms with Crippen molar-refractivity contribution < 1.29 is 0 Å². The van der Waals surface area contributed by atoms with E-state index in [9.17, 15) is 0 Å². The molecule has 0 radical (unpaired) electrons. The van der Waals surface area contributed by atoms with E-state index >= 15 is 0 Å². The summed E-state index contributed by atoms with van der Waals surface area (Å²) in [5, 5.41) is 5.78. The molecule has 0 aliphatic heterocycles. The molecule has 1 nitrogen and oxygen atoms in total. The van der Waals surface area contributed by atoms with Gasteiger partial charge < -0.3 is 5.32 Å². The Kier molecular flexibility index (Phi) is 3.80. The lowest BCUT2D eigenvalue weighted by molar-refractivity contribution is 0.809. The first kappa shape index (κ1) is 12.9. The monoisotopic (exact) mass is 261 g/mol. The van der Waals surface area contributed by atoms with Gasteiger partial charge in [0.2, 0.25) is 0 Å². The number of fused-ring (bicyclic) bond motifs is 2. The van der Waals surface area contributed by atoms with Crippen LogP contribution in [0.3, 0.4) is 0 Å². The molecule has 0 unspecified atom stereocenters. The molecule has 0 aromatic heterocycles. The fourth-order valence-corrected chi connectivity index (χ4v) is 2.61. The topological polar surface area (TPSA) is 12.0 Å². The van der Waals surface area contributed by atoms with Crippen LogP contribution in [0.4, 0.5) is 0 Å². The molecule has 100 valence electrons. The molecule has 0 fully saturated rings. The van der Waals surface area contributed by atoms with Crippen molar-refractivity contribution in [2.75, 3.05) is 13.6 Å². The van der Waals surface area contributed by atoms with E-state index in [0.29, 0.717) is 0 Å². The third-order valence-electron chi connectivity index (χ3n) is 3.65. The number of hydrogen-bond acceptors (Lipinski definition) is 1. The zero-order valence-electron chi connectivity index (χ0n) is 11.8. The van der Waals surface area contributed by atoms with Crippen molar-refractivity contribution in [2.45, 2.75) is 6.42 Å². The summed E-state index contributed by atoms with van der Waals surface area (Å²) in [6.07, 6.45) is 7.94. The Bertz CT molecular complexity index is 753. The van der Waals surface area contributed by atoms with Crippen molar-refractivity contribution in [3.8, 4) is 0 Å². The van der Waals surface area contributed by atoms with Crippen molar-refractivity contribution in [2.24, 2.45) is 0 Å². The number of rotatable bonds is 3. The third kappa shape index (κ3) is 2.59. The average molecular weight is 261 g/mol. The van der Waals surface area contributed by atoms with E-state index in [-0.39, 0.29) is 0 Å². The minimum atomic E-state index is 1.00. The van der Waals surface area contributed by atoms with Gasteiger partial charge in [-0.1, -0.05) is 54.6 Å². The molecular formula is C19H19N. The Balaban J connectivity index is 2.20. The molecule has 1 N–H and O–H groups in total. The second kappa shape index (κ2) is 5.89. The molecule has 2 aromatic rings. The number of allylic oxidation sites excluding steroid dienone is 1. The fraction of sp³-hybridized carbons (Fsp3) is 0.158. The lowest BCUT2D eigenvalue weighted by Crippen LogP contribution is -2.22. The molecule has 1 aliphatic rings. The van der Waals surface area contributed by atoms with Crippen molar-refractivity contribution in [3.05, 3.63) is 76.2 Å². The fourth-order valence-electron chi connectivity index (χ4n) is 2.61. The largest absolute Gasteiger partial charge is 0.319 e. The Labute approximate surface area is 120 Å². The maximum absolute atomic E-state index is 3.20. The van der Waals surface area contributed by atoms with Crippen LogP contribution in [0.2, 0.25) is 0 Å². The van der Waals surface area contributed by atoms with Crippen LogP contribution in [0.15, 0.2) is 54.6 Å². The summed E-state index contributed by atoms with van der Waals surface area (Å²) in [5.74, 6) is 0. The molecule has 0 atom stereocenters. The van der Waals surface area contributed by atoms with Crippen LogP contribution < -0.4 is 15.8 Å². The lowest BCUT2D eigenvalue weighted by atomic mass is 9.99. The van der Waals surface area contributed by atoms with Crippen LogP contribution in [0.1, 0.15) is 17.5 Å². The van der Waals surface area contributed by atoms with E-state index in [0.717, 1.165) is 13.0 Å². The average Bonchev–Trinajstić information content (AvgIpc) is 2.64. The zero-order valence-corrected chi connectivity index (χ0v) is 11.8. The van der Waals surface area contributed by atoms with Gasteiger partial charge in [0.25, 0.3) is 0 Å². The molecule has 1 heteroatoms. The molecule has 0 heterocycles. The summed E-state index contributed by atoms with van der Waals surface area (Å²) in [6, 6.07) is 17.2. The first-order chi connectivity index (χ1) is 9.88. The summed E-state index contributed by atoms with van der Waals surface area (Å²) in [4.78, 5) is 0. The first-order valence-corrected chi connectivity index (χ1v) is 7.11. The minimum absolute atomic E-state index is 1.00. The zero-order chi connectivity index (χ0) is 13.8. The van der Waals surface area contributed by atoms with Crippen LogP contribution in [0, 0.1) is 0 Å². The number of benzene rings is 2. The van der Waals surface area contributed by atoms with Gasteiger partial charge in [-0.2, -0.15) is 0 Å². The van der Waals surface area contributed by atoms with Gasteiger partial charge in [0.1, 0.15) is 0 Å². The van der Waals surface area contributed by atoms with Gasteiger partial charge in [-0.05, 0) is 59.3 Å².